The molecule has 0 aliphatic carbocycles. The van der Waals surface area contributed by atoms with Gasteiger partial charge in [-0.3, -0.25) is 14.4 Å². The summed E-state index contributed by atoms with van der Waals surface area (Å²) in [5, 5.41) is 5.66. The zero-order valence-corrected chi connectivity index (χ0v) is 21.2. The Hall–Kier alpha value is -4.10. The summed E-state index contributed by atoms with van der Waals surface area (Å²) in [6, 6.07) is 17.3. The predicted octanol–water partition coefficient (Wildman–Crippen LogP) is 5.70. The van der Waals surface area contributed by atoms with Crippen LogP contribution in [0, 0.1) is 20.8 Å². The first-order chi connectivity index (χ1) is 17.2. The molecule has 2 N–H and O–H groups in total. The average Bonchev–Trinajstić information content (AvgIpc) is 3.05. The topological polar surface area (TPSA) is 87.7 Å². The summed E-state index contributed by atoms with van der Waals surface area (Å²) >= 11 is 6.26. The van der Waals surface area contributed by atoms with E-state index in [2.05, 4.69) is 10.6 Å². The van der Waals surface area contributed by atoms with E-state index >= 15 is 0 Å². The second-order valence-electron chi connectivity index (χ2n) is 8.50. The van der Waals surface area contributed by atoms with Gasteiger partial charge in [0.05, 0.1) is 12.3 Å². The maximum Gasteiger partial charge on any atom is 0.283 e. The predicted molar refractivity (Wildman–Crippen MR) is 142 cm³/mol. The number of benzene rings is 3. The molecule has 3 aromatic rings. The first-order valence-electron chi connectivity index (χ1n) is 11.5. The van der Waals surface area contributed by atoms with Gasteiger partial charge in [0.1, 0.15) is 16.5 Å². The van der Waals surface area contributed by atoms with E-state index in [0.29, 0.717) is 29.3 Å². The third-order valence-corrected chi connectivity index (χ3v) is 6.09. The number of imide groups is 1. The summed E-state index contributed by atoms with van der Waals surface area (Å²) in [5.41, 5.74) is 4.97. The minimum absolute atomic E-state index is 0.0571. The van der Waals surface area contributed by atoms with Gasteiger partial charge in [-0.1, -0.05) is 35.4 Å². The van der Waals surface area contributed by atoms with Crippen LogP contribution in [0.25, 0.3) is 0 Å². The SMILES string of the molecule is CCOc1ccc(N2C(=O)C(Cl)=C(Nc3cccc(C(=O)Nc4c(C)cc(C)cc4C)c3)C2=O)cc1. The van der Waals surface area contributed by atoms with Gasteiger partial charge in [0.25, 0.3) is 17.7 Å². The molecule has 0 fully saturated rings. The van der Waals surface area contributed by atoms with E-state index in [4.69, 9.17) is 16.3 Å². The molecule has 0 saturated carbocycles. The van der Waals surface area contributed by atoms with Gasteiger partial charge in [0.15, 0.2) is 0 Å². The fraction of sp³-hybridized carbons (Fsp3) is 0.179. The lowest BCUT2D eigenvalue weighted by Crippen LogP contribution is -2.32. The summed E-state index contributed by atoms with van der Waals surface area (Å²) in [4.78, 5) is 39.8. The molecule has 36 heavy (non-hydrogen) atoms. The molecule has 4 rings (SSSR count). The molecular weight excluding hydrogens is 478 g/mol. The lowest BCUT2D eigenvalue weighted by molar-refractivity contribution is -0.120. The summed E-state index contributed by atoms with van der Waals surface area (Å²) < 4.78 is 5.41. The van der Waals surface area contributed by atoms with Crippen molar-refractivity contribution in [3.05, 3.63) is 93.6 Å². The van der Waals surface area contributed by atoms with Crippen LogP contribution in [0.1, 0.15) is 34.0 Å². The highest BCUT2D eigenvalue weighted by atomic mass is 35.5. The van der Waals surface area contributed by atoms with Gasteiger partial charge in [-0.25, -0.2) is 4.90 Å². The van der Waals surface area contributed by atoms with Gasteiger partial charge >= 0.3 is 0 Å². The third kappa shape index (κ3) is 4.97. The first-order valence-corrected chi connectivity index (χ1v) is 11.8. The molecule has 1 heterocycles. The average molecular weight is 504 g/mol. The number of rotatable bonds is 7. The second kappa shape index (κ2) is 10.3. The summed E-state index contributed by atoms with van der Waals surface area (Å²) in [5.74, 6) is -0.884. The van der Waals surface area contributed by atoms with Gasteiger partial charge in [0, 0.05) is 16.9 Å². The number of anilines is 3. The molecular formula is C28H26ClN3O4. The van der Waals surface area contributed by atoms with Gasteiger partial charge in [-0.05, 0) is 81.3 Å². The monoisotopic (exact) mass is 503 g/mol. The van der Waals surface area contributed by atoms with Crippen LogP contribution >= 0.6 is 11.6 Å². The van der Waals surface area contributed by atoms with Gasteiger partial charge in [0.2, 0.25) is 0 Å². The van der Waals surface area contributed by atoms with Crippen LogP contribution in [-0.2, 0) is 9.59 Å². The Bertz CT molecular complexity index is 1370. The molecule has 184 valence electrons. The number of carbonyl (C=O) groups is 3. The van der Waals surface area contributed by atoms with E-state index < -0.39 is 11.8 Å². The van der Waals surface area contributed by atoms with E-state index in [1.165, 1.54) is 0 Å². The molecule has 8 heteroatoms. The number of halogens is 1. The van der Waals surface area contributed by atoms with Crippen molar-refractivity contribution in [3.63, 3.8) is 0 Å². The van der Waals surface area contributed by atoms with Crippen LogP contribution < -0.4 is 20.3 Å². The van der Waals surface area contributed by atoms with E-state index in [0.717, 1.165) is 27.3 Å². The highest BCUT2D eigenvalue weighted by molar-refractivity contribution is 6.53. The molecule has 7 nitrogen and oxygen atoms in total. The molecule has 3 amide bonds. The van der Waals surface area contributed by atoms with Crippen molar-refractivity contribution in [2.24, 2.45) is 0 Å². The van der Waals surface area contributed by atoms with Crippen LogP contribution in [0.5, 0.6) is 5.75 Å². The van der Waals surface area contributed by atoms with Crippen LogP contribution in [0.2, 0.25) is 0 Å². The van der Waals surface area contributed by atoms with Crippen molar-refractivity contribution in [2.75, 3.05) is 22.1 Å². The molecule has 1 aliphatic heterocycles. The van der Waals surface area contributed by atoms with Gasteiger partial charge in [-0.15, -0.1) is 0 Å². The van der Waals surface area contributed by atoms with E-state index in [-0.39, 0.29) is 16.6 Å². The molecule has 0 saturated heterocycles. The molecule has 0 atom stereocenters. The number of hydrogen-bond acceptors (Lipinski definition) is 5. The molecule has 0 aromatic heterocycles. The van der Waals surface area contributed by atoms with Crippen LogP contribution in [-0.4, -0.2) is 24.3 Å². The molecule has 0 radical (unpaired) electrons. The highest BCUT2D eigenvalue weighted by Crippen LogP contribution is 2.31. The second-order valence-corrected chi connectivity index (χ2v) is 8.87. The van der Waals surface area contributed by atoms with Crippen molar-refractivity contribution in [1.29, 1.82) is 0 Å². The molecule has 0 unspecified atom stereocenters. The van der Waals surface area contributed by atoms with Gasteiger partial charge in [-0.2, -0.15) is 0 Å². The fourth-order valence-electron chi connectivity index (χ4n) is 4.15. The quantitative estimate of drug-likeness (QED) is 0.404. The number of nitrogens with zero attached hydrogens (tertiary/aromatic N) is 1. The molecule has 0 bridgehead atoms. The van der Waals surface area contributed by atoms with Crippen molar-refractivity contribution in [3.8, 4) is 5.75 Å². The maximum atomic E-state index is 13.1. The zero-order valence-electron chi connectivity index (χ0n) is 20.4. The normalized spacial score (nSPS) is 13.3. The lowest BCUT2D eigenvalue weighted by atomic mass is 10.0. The van der Waals surface area contributed by atoms with E-state index in [1.807, 2.05) is 39.8 Å². The Morgan fingerprint density at radius 3 is 2.25 bits per heavy atom. The summed E-state index contributed by atoms with van der Waals surface area (Å²) in [7, 11) is 0. The minimum atomic E-state index is -0.632. The molecule has 3 aromatic carbocycles. The number of nitrogens with one attached hydrogen (secondary N) is 2. The molecule has 0 spiro atoms. The fourth-order valence-corrected chi connectivity index (χ4v) is 4.36. The standard InChI is InChI=1S/C28H26ClN3O4/c1-5-36-22-11-9-21(10-12-22)32-27(34)23(29)25(28(32)35)30-20-8-6-7-19(15-20)26(33)31-24-17(3)13-16(2)14-18(24)4/h6-15,30H,5H2,1-4H3,(H,31,33). The molecule has 1 aliphatic rings. The number of hydrogen-bond donors (Lipinski definition) is 2. The highest BCUT2D eigenvalue weighted by Gasteiger charge is 2.39. The summed E-state index contributed by atoms with van der Waals surface area (Å²) in [6.45, 7) is 8.27. The van der Waals surface area contributed by atoms with Crippen molar-refractivity contribution < 1.29 is 19.1 Å². The Labute approximate surface area is 214 Å². The van der Waals surface area contributed by atoms with Gasteiger partial charge < -0.3 is 15.4 Å². The van der Waals surface area contributed by atoms with E-state index in [1.54, 1.807) is 48.5 Å². The third-order valence-electron chi connectivity index (χ3n) is 5.74. The van der Waals surface area contributed by atoms with Crippen LogP contribution in [0.15, 0.2) is 71.4 Å². The Morgan fingerprint density at radius 1 is 0.944 bits per heavy atom. The number of ether oxygens (including phenoxy) is 1. The van der Waals surface area contributed by atoms with Crippen LogP contribution in [0.3, 0.4) is 0 Å². The maximum absolute atomic E-state index is 13.1. The van der Waals surface area contributed by atoms with E-state index in [9.17, 15) is 14.4 Å². The van der Waals surface area contributed by atoms with Crippen molar-refractivity contribution >= 4 is 46.4 Å². The number of aryl methyl sites for hydroxylation is 3. The number of carbonyl (C=O) groups excluding carboxylic acids is 3. The Balaban J connectivity index is 1.53. The summed E-state index contributed by atoms with van der Waals surface area (Å²) in [6.07, 6.45) is 0. The first kappa shape index (κ1) is 25.0. The van der Waals surface area contributed by atoms with Crippen molar-refractivity contribution in [2.45, 2.75) is 27.7 Å². The van der Waals surface area contributed by atoms with Crippen molar-refractivity contribution in [1.82, 2.24) is 0 Å². The minimum Gasteiger partial charge on any atom is -0.494 e. The lowest BCUT2D eigenvalue weighted by Gasteiger charge is -2.16. The Morgan fingerprint density at radius 2 is 1.61 bits per heavy atom. The van der Waals surface area contributed by atoms with Crippen LogP contribution in [0.4, 0.5) is 17.1 Å². The largest absolute Gasteiger partial charge is 0.494 e. The smallest absolute Gasteiger partial charge is 0.283 e. The number of amides is 3. The zero-order chi connectivity index (χ0) is 26.0. The Kier molecular flexibility index (Phi) is 7.12.